The maximum Gasteiger partial charge on any atom is 0.150 e. The van der Waals surface area contributed by atoms with Gasteiger partial charge in [-0.15, -0.1) is 0 Å². The summed E-state index contributed by atoms with van der Waals surface area (Å²) in [6.07, 6.45) is 0.894. The molecule has 4 aromatic carbocycles. The number of carbonyl (C=O) groups is 1. The summed E-state index contributed by atoms with van der Waals surface area (Å²) >= 11 is 0. The quantitative estimate of drug-likeness (QED) is 0.341. The van der Waals surface area contributed by atoms with Gasteiger partial charge in [-0.25, -0.2) is 4.99 Å². The molecule has 0 radical (unpaired) electrons. The molecule has 0 bridgehead atoms. The Labute approximate surface area is 152 Å². The first-order valence-electron chi connectivity index (χ1n) is 8.53. The number of hydrogen-bond acceptors (Lipinski definition) is 2. The Hall–Kier alpha value is -3.52. The number of nitrogens with zero attached hydrogens (tertiary/aromatic N) is 1. The van der Waals surface area contributed by atoms with Gasteiger partial charge >= 0.3 is 0 Å². The molecular weight excluding hydrogens is 318 g/mol. The van der Waals surface area contributed by atoms with Crippen molar-refractivity contribution < 1.29 is 4.79 Å². The number of benzene rings is 4. The maximum absolute atomic E-state index is 11.4. The van der Waals surface area contributed by atoms with Crippen molar-refractivity contribution >= 4 is 28.5 Å². The lowest BCUT2D eigenvalue weighted by Crippen LogP contribution is -2.02. The van der Waals surface area contributed by atoms with Crippen molar-refractivity contribution in [3.63, 3.8) is 0 Å². The Bertz CT molecular complexity index is 1040. The number of rotatable bonds is 4. The third kappa shape index (κ3) is 3.17. The Morgan fingerprint density at radius 3 is 1.96 bits per heavy atom. The predicted molar refractivity (Wildman–Crippen MR) is 108 cm³/mol. The van der Waals surface area contributed by atoms with Crippen LogP contribution in [-0.4, -0.2) is 12.0 Å². The lowest BCUT2D eigenvalue weighted by atomic mass is 10.0. The van der Waals surface area contributed by atoms with Crippen LogP contribution in [0, 0.1) is 0 Å². The van der Waals surface area contributed by atoms with Crippen molar-refractivity contribution in [2.45, 2.75) is 0 Å². The molecule has 0 aliphatic rings. The van der Waals surface area contributed by atoms with E-state index in [4.69, 9.17) is 4.99 Å². The highest BCUT2D eigenvalue weighted by Gasteiger charge is 2.08. The van der Waals surface area contributed by atoms with Gasteiger partial charge in [0.2, 0.25) is 0 Å². The van der Waals surface area contributed by atoms with Gasteiger partial charge in [0.15, 0.2) is 6.29 Å². The largest absolute Gasteiger partial charge is 0.298 e. The van der Waals surface area contributed by atoms with Crippen molar-refractivity contribution in [1.29, 1.82) is 0 Å². The van der Waals surface area contributed by atoms with Crippen LogP contribution >= 0.6 is 0 Å². The summed E-state index contributed by atoms with van der Waals surface area (Å²) in [6, 6.07) is 32.0. The molecule has 0 heterocycles. The minimum atomic E-state index is 0.681. The molecule has 0 saturated carbocycles. The first-order valence-corrected chi connectivity index (χ1v) is 8.53. The molecule has 0 amide bonds. The third-order valence-electron chi connectivity index (χ3n) is 4.36. The topological polar surface area (TPSA) is 29.4 Å². The highest BCUT2D eigenvalue weighted by Crippen LogP contribution is 2.25. The fourth-order valence-corrected chi connectivity index (χ4v) is 3.07. The molecule has 124 valence electrons. The number of aliphatic imine (C=N–C) groups is 1. The molecule has 2 heteroatoms. The summed E-state index contributed by atoms with van der Waals surface area (Å²) in [5, 5.41) is 1.96. The number of aldehydes is 1. The second kappa shape index (κ2) is 7.16. The van der Waals surface area contributed by atoms with Gasteiger partial charge in [-0.1, -0.05) is 84.9 Å². The summed E-state index contributed by atoms with van der Waals surface area (Å²) in [5.74, 6) is 0. The minimum absolute atomic E-state index is 0.681. The fourth-order valence-electron chi connectivity index (χ4n) is 3.07. The van der Waals surface area contributed by atoms with E-state index in [0.29, 0.717) is 5.56 Å². The molecule has 0 saturated heterocycles. The lowest BCUT2D eigenvalue weighted by Gasteiger charge is -2.09. The van der Waals surface area contributed by atoms with Crippen LogP contribution in [-0.2, 0) is 0 Å². The van der Waals surface area contributed by atoms with Gasteiger partial charge in [0.25, 0.3) is 0 Å². The second-order valence-electron chi connectivity index (χ2n) is 6.06. The van der Waals surface area contributed by atoms with E-state index in [0.717, 1.165) is 39.6 Å². The second-order valence-corrected chi connectivity index (χ2v) is 6.06. The van der Waals surface area contributed by atoms with Gasteiger partial charge in [-0.3, -0.25) is 4.79 Å². The highest BCUT2D eigenvalue weighted by atomic mass is 16.1. The predicted octanol–water partition coefficient (Wildman–Crippen LogP) is 5.82. The van der Waals surface area contributed by atoms with Crippen LogP contribution in [0.4, 0.5) is 5.69 Å². The molecular formula is C24H17NO. The average molecular weight is 335 g/mol. The van der Waals surface area contributed by atoms with Gasteiger partial charge in [0.1, 0.15) is 0 Å². The van der Waals surface area contributed by atoms with E-state index in [9.17, 15) is 4.79 Å². The van der Waals surface area contributed by atoms with Crippen LogP contribution in [0.2, 0.25) is 0 Å². The van der Waals surface area contributed by atoms with Crippen LogP contribution in [0.25, 0.3) is 10.8 Å². The number of fused-ring (bicyclic) bond motifs is 1. The first-order chi connectivity index (χ1) is 12.8. The molecule has 4 aromatic rings. The van der Waals surface area contributed by atoms with Gasteiger partial charge < -0.3 is 0 Å². The highest BCUT2D eigenvalue weighted by molar-refractivity contribution is 6.14. The van der Waals surface area contributed by atoms with E-state index in [-0.39, 0.29) is 0 Å². The standard InChI is InChI=1S/C24H17NO/c26-17-21-13-7-12-18-14-15-22(16-23(18)21)25-24(19-8-3-1-4-9-19)20-10-5-2-6-11-20/h1-17H. The minimum Gasteiger partial charge on any atom is -0.298 e. The number of carbonyl (C=O) groups excluding carboxylic acids is 1. The summed E-state index contributed by atoms with van der Waals surface area (Å²) in [7, 11) is 0. The zero-order valence-corrected chi connectivity index (χ0v) is 14.2. The van der Waals surface area contributed by atoms with Crippen molar-refractivity contribution in [3.05, 3.63) is 114 Å². The summed E-state index contributed by atoms with van der Waals surface area (Å²) < 4.78 is 0. The zero-order chi connectivity index (χ0) is 17.8. The first kappa shape index (κ1) is 16.0. The van der Waals surface area contributed by atoms with Gasteiger partial charge in [0, 0.05) is 16.7 Å². The molecule has 0 aliphatic heterocycles. The van der Waals surface area contributed by atoms with Crippen molar-refractivity contribution in [2.24, 2.45) is 4.99 Å². The monoisotopic (exact) mass is 335 g/mol. The third-order valence-corrected chi connectivity index (χ3v) is 4.36. The van der Waals surface area contributed by atoms with Gasteiger partial charge in [0.05, 0.1) is 11.4 Å². The summed E-state index contributed by atoms with van der Waals surface area (Å²) in [6.45, 7) is 0. The van der Waals surface area contributed by atoms with E-state index >= 15 is 0 Å². The molecule has 0 spiro atoms. The molecule has 26 heavy (non-hydrogen) atoms. The normalized spacial score (nSPS) is 10.5. The Kier molecular flexibility index (Phi) is 4.40. The van der Waals surface area contributed by atoms with E-state index in [1.165, 1.54) is 0 Å². The lowest BCUT2D eigenvalue weighted by molar-refractivity contribution is 0.112. The van der Waals surface area contributed by atoms with Crippen LogP contribution in [0.15, 0.2) is 102 Å². The molecule has 0 aliphatic carbocycles. The van der Waals surface area contributed by atoms with Crippen LogP contribution in [0.3, 0.4) is 0 Å². The van der Waals surface area contributed by atoms with Crippen molar-refractivity contribution in [2.75, 3.05) is 0 Å². The summed E-state index contributed by atoms with van der Waals surface area (Å²) in [4.78, 5) is 16.3. The average Bonchev–Trinajstić information content (AvgIpc) is 2.72. The molecule has 0 aromatic heterocycles. The summed E-state index contributed by atoms with van der Waals surface area (Å²) in [5.41, 5.74) is 4.54. The molecule has 2 nitrogen and oxygen atoms in total. The molecule has 0 N–H and O–H groups in total. The van der Waals surface area contributed by atoms with Gasteiger partial charge in [-0.05, 0) is 22.9 Å². The van der Waals surface area contributed by atoms with Gasteiger partial charge in [-0.2, -0.15) is 0 Å². The Balaban J connectivity index is 1.90. The molecule has 0 unspecified atom stereocenters. The van der Waals surface area contributed by atoms with Crippen LogP contribution in [0.1, 0.15) is 21.5 Å². The molecule has 0 atom stereocenters. The Morgan fingerprint density at radius 1 is 0.692 bits per heavy atom. The Morgan fingerprint density at radius 2 is 1.35 bits per heavy atom. The van der Waals surface area contributed by atoms with E-state index in [2.05, 4.69) is 24.3 Å². The zero-order valence-electron chi connectivity index (χ0n) is 14.2. The fraction of sp³-hybridized carbons (Fsp3) is 0. The number of hydrogen-bond donors (Lipinski definition) is 0. The van der Waals surface area contributed by atoms with Crippen LogP contribution < -0.4 is 0 Å². The van der Waals surface area contributed by atoms with Crippen LogP contribution in [0.5, 0.6) is 0 Å². The van der Waals surface area contributed by atoms with E-state index in [1.54, 1.807) is 0 Å². The van der Waals surface area contributed by atoms with E-state index in [1.807, 2.05) is 72.8 Å². The van der Waals surface area contributed by atoms with Crippen molar-refractivity contribution in [3.8, 4) is 0 Å². The van der Waals surface area contributed by atoms with Crippen molar-refractivity contribution in [1.82, 2.24) is 0 Å². The SMILES string of the molecule is O=Cc1cccc2ccc(N=C(c3ccccc3)c3ccccc3)cc12. The maximum atomic E-state index is 11.4. The smallest absolute Gasteiger partial charge is 0.150 e. The van der Waals surface area contributed by atoms with E-state index < -0.39 is 0 Å². The molecule has 4 rings (SSSR count). The molecule has 0 fully saturated rings.